The van der Waals surface area contributed by atoms with E-state index in [2.05, 4.69) is 10.3 Å². The molecule has 1 aromatic heterocycles. The van der Waals surface area contributed by atoms with Crippen molar-refractivity contribution in [2.75, 3.05) is 5.73 Å². The van der Waals surface area contributed by atoms with Crippen LogP contribution in [0.25, 0.3) is 5.69 Å². The van der Waals surface area contributed by atoms with E-state index in [1.807, 2.05) is 13.8 Å². The van der Waals surface area contributed by atoms with Crippen molar-refractivity contribution in [2.24, 2.45) is 10.9 Å². The molecule has 2 aromatic rings. The van der Waals surface area contributed by atoms with Crippen LogP contribution in [-0.2, 0) is 11.2 Å². The second kappa shape index (κ2) is 6.84. The Balaban J connectivity index is 2.63. The first-order chi connectivity index (χ1) is 11.6. The number of hydrogen-bond donors (Lipinski definition) is 3. The maximum Gasteiger partial charge on any atom is 0.578 e. The van der Waals surface area contributed by atoms with Crippen LogP contribution in [0.4, 0.5) is 19.0 Å². The molecule has 0 fully saturated rings. The third-order valence-electron chi connectivity index (χ3n) is 3.43. The van der Waals surface area contributed by atoms with E-state index in [1.165, 1.54) is 0 Å². The molecule has 0 bridgehead atoms. The number of benzene rings is 1. The van der Waals surface area contributed by atoms with Crippen molar-refractivity contribution in [1.29, 1.82) is 0 Å². The number of oxime groups is 1. The molecule has 1 atom stereocenters. The first kappa shape index (κ1) is 18.9. The standard InChI is InChI=1S/C14H16F3N5O2S/c1-7(2)8-3-5-9(6-4-8)22-13(19)11(25(24)14(15,16)17)10(20-22)12(18)21-23/h3-7,23H,19H2,1-2H3,(H2,18,21). The molecule has 0 aliphatic carbocycles. The van der Waals surface area contributed by atoms with Crippen molar-refractivity contribution in [3.63, 3.8) is 0 Å². The smallest absolute Gasteiger partial charge is 0.578 e. The molecule has 2 rings (SSSR count). The summed E-state index contributed by atoms with van der Waals surface area (Å²) in [6, 6.07) is 6.75. The lowest BCUT2D eigenvalue weighted by molar-refractivity contribution is -0.0435. The molecule has 0 amide bonds. The van der Waals surface area contributed by atoms with E-state index < -0.39 is 38.9 Å². The molecule has 11 heteroatoms. The Morgan fingerprint density at radius 2 is 1.88 bits per heavy atom. The summed E-state index contributed by atoms with van der Waals surface area (Å²) in [5.41, 5.74) is 6.79. The lowest BCUT2D eigenvalue weighted by Gasteiger charge is -2.12. The van der Waals surface area contributed by atoms with Crippen molar-refractivity contribution in [3.05, 3.63) is 35.5 Å². The normalized spacial score (nSPS) is 14.1. The van der Waals surface area contributed by atoms with Crippen molar-refractivity contribution in [3.8, 4) is 5.69 Å². The minimum absolute atomic E-state index is 0.255. The highest BCUT2D eigenvalue weighted by atomic mass is 32.2. The van der Waals surface area contributed by atoms with Gasteiger partial charge in [0, 0.05) is 0 Å². The molecule has 25 heavy (non-hydrogen) atoms. The zero-order chi connectivity index (χ0) is 18.9. The molecule has 5 N–H and O–H groups in total. The number of hydrogen-bond acceptors (Lipinski definition) is 5. The number of nitrogen functional groups attached to an aromatic ring is 1. The summed E-state index contributed by atoms with van der Waals surface area (Å²) in [5.74, 6) is -0.976. The molecule has 0 saturated heterocycles. The van der Waals surface area contributed by atoms with E-state index in [0.717, 1.165) is 10.2 Å². The Morgan fingerprint density at radius 1 is 1.32 bits per heavy atom. The van der Waals surface area contributed by atoms with Gasteiger partial charge < -0.3 is 21.2 Å². The number of halogens is 3. The number of amidine groups is 1. The largest absolute Gasteiger partial charge is 0.604 e. The first-order valence-corrected chi connectivity index (χ1v) is 8.18. The van der Waals surface area contributed by atoms with Crippen LogP contribution in [0.2, 0.25) is 0 Å². The van der Waals surface area contributed by atoms with Crippen molar-refractivity contribution in [2.45, 2.75) is 30.2 Å². The average Bonchev–Trinajstić information content (AvgIpc) is 2.89. The van der Waals surface area contributed by atoms with E-state index in [-0.39, 0.29) is 5.92 Å². The summed E-state index contributed by atoms with van der Waals surface area (Å²) in [7, 11) is 0. The van der Waals surface area contributed by atoms with Gasteiger partial charge in [0.05, 0.1) is 5.69 Å². The fraction of sp³-hybridized carbons (Fsp3) is 0.286. The maximum atomic E-state index is 12.9. The van der Waals surface area contributed by atoms with E-state index >= 15 is 0 Å². The summed E-state index contributed by atoms with van der Waals surface area (Å²) < 4.78 is 51.4. The van der Waals surface area contributed by atoms with Crippen molar-refractivity contribution >= 4 is 22.8 Å². The summed E-state index contributed by atoms with van der Waals surface area (Å²) in [6.07, 6.45) is 0. The molecule has 0 radical (unpaired) electrons. The molecule has 1 heterocycles. The predicted octanol–water partition coefficient (Wildman–Crippen LogP) is 2.30. The van der Waals surface area contributed by atoms with E-state index in [4.69, 9.17) is 16.7 Å². The number of rotatable bonds is 4. The Bertz CT molecular complexity index is 787. The summed E-state index contributed by atoms with van der Waals surface area (Å²) in [6.45, 7) is 3.97. The zero-order valence-electron chi connectivity index (χ0n) is 13.3. The van der Waals surface area contributed by atoms with Crippen molar-refractivity contribution < 1.29 is 22.9 Å². The van der Waals surface area contributed by atoms with Gasteiger partial charge >= 0.3 is 5.51 Å². The number of aromatic nitrogens is 2. The quantitative estimate of drug-likeness (QED) is 0.249. The molecule has 0 aliphatic rings. The van der Waals surface area contributed by atoms with E-state index in [1.54, 1.807) is 24.3 Å². The van der Waals surface area contributed by atoms with Gasteiger partial charge in [0.15, 0.2) is 17.3 Å². The van der Waals surface area contributed by atoms with Crippen LogP contribution >= 0.6 is 0 Å². The van der Waals surface area contributed by atoms with E-state index in [9.17, 15) is 17.7 Å². The average molecular weight is 375 g/mol. The Labute approximate surface area is 144 Å². The van der Waals surface area contributed by atoms with Crippen LogP contribution in [0.5, 0.6) is 0 Å². The lowest BCUT2D eigenvalue weighted by atomic mass is 10.0. The molecule has 1 unspecified atom stereocenters. The highest BCUT2D eigenvalue weighted by Crippen LogP contribution is 2.36. The van der Waals surface area contributed by atoms with E-state index in [0.29, 0.717) is 5.69 Å². The van der Waals surface area contributed by atoms with Gasteiger partial charge in [-0.3, -0.25) is 0 Å². The molecule has 1 aromatic carbocycles. The topological polar surface area (TPSA) is 126 Å². The molecule has 7 nitrogen and oxygen atoms in total. The predicted molar refractivity (Wildman–Crippen MR) is 87.0 cm³/mol. The Morgan fingerprint density at radius 3 is 2.32 bits per heavy atom. The highest BCUT2D eigenvalue weighted by Gasteiger charge is 2.50. The SMILES string of the molecule is CC(C)c1ccc(-n2nc(C(N)=NO)c([S+]([O-])C(F)(F)F)c2N)cc1. The number of nitrogens with two attached hydrogens (primary N) is 2. The number of nitrogens with zero attached hydrogens (tertiary/aromatic N) is 3. The first-order valence-electron chi connectivity index (χ1n) is 7.03. The second-order valence-corrected chi connectivity index (χ2v) is 6.83. The maximum absolute atomic E-state index is 12.9. The molecule has 0 spiro atoms. The van der Waals surface area contributed by atoms with Crippen LogP contribution < -0.4 is 11.5 Å². The fourth-order valence-electron chi connectivity index (χ4n) is 2.13. The van der Waals surface area contributed by atoms with Crippen LogP contribution in [0, 0.1) is 0 Å². The van der Waals surface area contributed by atoms with Gasteiger partial charge in [0.2, 0.25) is 4.90 Å². The minimum Gasteiger partial charge on any atom is -0.604 e. The molecular weight excluding hydrogens is 359 g/mol. The van der Waals surface area contributed by atoms with Crippen molar-refractivity contribution in [1.82, 2.24) is 9.78 Å². The van der Waals surface area contributed by atoms with Gasteiger partial charge in [-0.15, -0.1) is 13.2 Å². The third-order valence-corrected chi connectivity index (χ3v) is 4.62. The Kier molecular flexibility index (Phi) is 5.18. The number of alkyl halides is 3. The third kappa shape index (κ3) is 3.66. The second-order valence-electron chi connectivity index (χ2n) is 5.42. The van der Waals surface area contributed by atoms with Gasteiger partial charge in [-0.1, -0.05) is 31.1 Å². The number of anilines is 1. The fourth-order valence-corrected chi connectivity index (χ4v) is 2.96. The van der Waals surface area contributed by atoms with Crippen LogP contribution in [0.3, 0.4) is 0 Å². The zero-order valence-corrected chi connectivity index (χ0v) is 14.1. The van der Waals surface area contributed by atoms with Crippen LogP contribution in [-0.4, -0.2) is 30.9 Å². The lowest BCUT2D eigenvalue weighted by Crippen LogP contribution is -2.27. The monoisotopic (exact) mass is 375 g/mol. The molecular formula is C14H16F3N5O2S. The van der Waals surface area contributed by atoms with Gasteiger partial charge in [-0.2, -0.15) is 5.10 Å². The Hall–Kier alpha value is -2.40. The summed E-state index contributed by atoms with van der Waals surface area (Å²) >= 11 is -3.49. The van der Waals surface area contributed by atoms with Crippen LogP contribution in [0.1, 0.15) is 31.0 Å². The van der Waals surface area contributed by atoms with Gasteiger partial charge in [-0.25, -0.2) is 4.68 Å². The van der Waals surface area contributed by atoms with Gasteiger partial charge in [-0.05, 0) is 23.6 Å². The van der Waals surface area contributed by atoms with Gasteiger partial charge in [0.1, 0.15) is 11.2 Å². The summed E-state index contributed by atoms with van der Waals surface area (Å²) in [5, 5.41) is 15.2. The molecule has 136 valence electrons. The van der Waals surface area contributed by atoms with Crippen LogP contribution in [0.15, 0.2) is 34.3 Å². The molecule has 0 aliphatic heterocycles. The molecule has 0 saturated carbocycles. The summed E-state index contributed by atoms with van der Waals surface area (Å²) in [4.78, 5) is -0.851. The van der Waals surface area contributed by atoms with Gasteiger partial charge in [0.25, 0.3) is 0 Å². The highest BCUT2D eigenvalue weighted by molar-refractivity contribution is 7.92. The minimum atomic E-state index is -5.08.